The highest BCUT2D eigenvalue weighted by atomic mass is 35.5. The van der Waals surface area contributed by atoms with E-state index in [1.54, 1.807) is 6.07 Å². The van der Waals surface area contributed by atoms with E-state index >= 15 is 0 Å². The van der Waals surface area contributed by atoms with Gasteiger partial charge in [0.25, 0.3) is 0 Å². The van der Waals surface area contributed by atoms with E-state index in [2.05, 4.69) is 5.32 Å². The number of rotatable bonds is 2. The van der Waals surface area contributed by atoms with Gasteiger partial charge in [0.15, 0.2) is 0 Å². The molecule has 2 aromatic carbocycles. The first-order valence-corrected chi connectivity index (χ1v) is 7.31. The fourth-order valence-electron chi connectivity index (χ4n) is 2.51. The summed E-state index contributed by atoms with van der Waals surface area (Å²) in [5, 5.41) is 3.59. The summed E-state index contributed by atoms with van der Waals surface area (Å²) < 4.78 is 5.59. The lowest BCUT2D eigenvalue weighted by molar-refractivity contribution is -0.118. The maximum atomic E-state index is 12.5. The average molecular weight is 302 g/mol. The van der Waals surface area contributed by atoms with Crippen LogP contribution in [0.15, 0.2) is 42.5 Å². The molecule has 2 aromatic rings. The Kier molecular flexibility index (Phi) is 3.84. The molecule has 21 heavy (non-hydrogen) atoms. The molecule has 0 aromatic heterocycles. The minimum absolute atomic E-state index is 0.0225. The number of fused-ring (bicyclic) bond motifs is 1. The number of ether oxygens (including phenoxy) is 1. The quantitative estimate of drug-likeness (QED) is 0.905. The Labute approximate surface area is 128 Å². The van der Waals surface area contributed by atoms with E-state index in [-0.39, 0.29) is 11.8 Å². The number of carbonyl (C=O) groups excluding carboxylic acids is 1. The van der Waals surface area contributed by atoms with Gasteiger partial charge in [-0.3, -0.25) is 4.79 Å². The number of hydrogen-bond donors (Lipinski definition) is 1. The second-order valence-electron chi connectivity index (χ2n) is 5.18. The number of nitrogens with one attached hydrogen (secondary N) is 1. The number of halogens is 1. The third-order valence-electron chi connectivity index (χ3n) is 3.71. The van der Waals surface area contributed by atoms with Crippen LogP contribution in [0.2, 0.25) is 5.02 Å². The minimum atomic E-state index is -0.185. The first kappa shape index (κ1) is 14.0. The van der Waals surface area contributed by atoms with Crippen molar-refractivity contribution in [2.75, 3.05) is 11.9 Å². The van der Waals surface area contributed by atoms with Crippen molar-refractivity contribution in [2.45, 2.75) is 19.3 Å². The topological polar surface area (TPSA) is 38.3 Å². The summed E-state index contributed by atoms with van der Waals surface area (Å²) in [6.07, 6.45) is 0.683. The molecule has 1 aliphatic heterocycles. The summed E-state index contributed by atoms with van der Waals surface area (Å²) in [6.45, 7) is 2.49. The zero-order valence-electron chi connectivity index (χ0n) is 11.7. The van der Waals surface area contributed by atoms with Gasteiger partial charge in [-0.05, 0) is 37.1 Å². The Bertz CT molecular complexity index is 684. The van der Waals surface area contributed by atoms with Crippen molar-refractivity contribution in [3.8, 4) is 5.75 Å². The van der Waals surface area contributed by atoms with E-state index in [1.807, 2.05) is 43.3 Å². The van der Waals surface area contributed by atoms with Crippen LogP contribution < -0.4 is 10.1 Å². The molecule has 0 aliphatic carbocycles. The molecule has 0 saturated heterocycles. The van der Waals surface area contributed by atoms with Gasteiger partial charge in [0.2, 0.25) is 5.91 Å². The van der Waals surface area contributed by atoms with Crippen molar-refractivity contribution < 1.29 is 9.53 Å². The second-order valence-corrected chi connectivity index (χ2v) is 5.59. The van der Waals surface area contributed by atoms with E-state index in [4.69, 9.17) is 16.3 Å². The Morgan fingerprint density at radius 3 is 2.90 bits per heavy atom. The average Bonchev–Trinajstić information content (AvgIpc) is 2.50. The van der Waals surface area contributed by atoms with E-state index in [9.17, 15) is 4.79 Å². The number of anilines is 1. The molecule has 3 nitrogen and oxygen atoms in total. The largest absolute Gasteiger partial charge is 0.493 e. The first-order chi connectivity index (χ1) is 10.1. The van der Waals surface area contributed by atoms with Gasteiger partial charge in [-0.1, -0.05) is 35.9 Å². The van der Waals surface area contributed by atoms with Crippen molar-refractivity contribution in [1.82, 2.24) is 0 Å². The van der Waals surface area contributed by atoms with Gasteiger partial charge < -0.3 is 10.1 Å². The summed E-state index contributed by atoms with van der Waals surface area (Å²) in [7, 11) is 0. The number of amides is 1. The van der Waals surface area contributed by atoms with Gasteiger partial charge in [-0.15, -0.1) is 0 Å². The van der Waals surface area contributed by atoms with Gasteiger partial charge in [0, 0.05) is 16.3 Å². The highest BCUT2D eigenvalue weighted by molar-refractivity contribution is 6.31. The molecule has 108 valence electrons. The molecule has 1 aliphatic rings. The Morgan fingerprint density at radius 2 is 2.10 bits per heavy atom. The lowest BCUT2D eigenvalue weighted by Crippen LogP contribution is -2.26. The molecule has 0 bridgehead atoms. The molecule has 1 N–H and O–H groups in total. The molecule has 0 fully saturated rings. The van der Waals surface area contributed by atoms with Crippen molar-refractivity contribution >= 4 is 23.2 Å². The van der Waals surface area contributed by atoms with Crippen molar-refractivity contribution in [3.63, 3.8) is 0 Å². The molecule has 4 heteroatoms. The molecular weight excluding hydrogens is 286 g/mol. The lowest BCUT2D eigenvalue weighted by atomic mass is 9.92. The predicted molar refractivity (Wildman–Crippen MR) is 84.1 cm³/mol. The smallest absolute Gasteiger partial charge is 0.232 e. The van der Waals surface area contributed by atoms with E-state index in [0.29, 0.717) is 18.1 Å². The Morgan fingerprint density at radius 1 is 1.29 bits per heavy atom. The van der Waals surface area contributed by atoms with Crippen molar-refractivity contribution in [2.24, 2.45) is 0 Å². The number of benzene rings is 2. The molecule has 1 atom stereocenters. The molecular formula is C17H16ClNO2. The number of hydrogen-bond acceptors (Lipinski definition) is 2. The number of aryl methyl sites for hydroxylation is 1. The maximum absolute atomic E-state index is 12.5. The van der Waals surface area contributed by atoms with Crippen LogP contribution in [0.25, 0.3) is 0 Å². The summed E-state index contributed by atoms with van der Waals surface area (Å²) in [5.74, 6) is 0.589. The lowest BCUT2D eigenvalue weighted by Gasteiger charge is -2.25. The standard InChI is InChI=1S/C17H16ClNO2/c1-11-6-7-12(10-15(11)18)19-17(20)14-8-9-21-16-5-3-2-4-13(14)16/h2-7,10,14H,8-9H2,1H3,(H,19,20). The van der Waals surface area contributed by atoms with Gasteiger partial charge in [-0.25, -0.2) is 0 Å². The van der Waals surface area contributed by atoms with Gasteiger partial charge >= 0.3 is 0 Å². The van der Waals surface area contributed by atoms with E-state index in [0.717, 1.165) is 22.6 Å². The van der Waals surface area contributed by atoms with Crippen molar-refractivity contribution in [3.05, 3.63) is 58.6 Å². The maximum Gasteiger partial charge on any atom is 0.232 e. The Balaban J connectivity index is 1.81. The normalized spacial score (nSPS) is 16.8. The third-order valence-corrected chi connectivity index (χ3v) is 4.12. The zero-order valence-corrected chi connectivity index (χ0v) is 12.5. The van der Waals surface area contributed by atoms with Crippen LogP contribution >= 0.6 is 11.6 Å². The monoisotopic (exact) mass is 301 g/mol. The zero-order chi connectivity index (χ0) is 14.8. The fourth-order valence-corrected chi connectivity index (χ4v) is 2.69. The molecule has 0 spiro atoms. The van der Waals surface area contributed by atoms with Gasteiger partial charge in [0.1, 0.15) is 5.75 Å². The van der Waals surface area contributed by atoms with Crippen LogP contribution in [0.4, 0.5) is 5.69 Å². The summed E-state index contributed by atoms with van der Waals surface area (Å²) >= 11 is 6.09. The van der Waals surface area contributed by atoms with Crippen LogP contribution in [-0.2, 0) is 4.79 Å². The van der Waals surface area contributed by atoms with Crippen LogP contribution in [0.5, 0.6) is 5.75 Å². The van der Waals surface area contributed by atoms with Gasteiger partial charge in [-0.2, -0.15) is 0 Å². The molecule has 3 rings (SSSR count). The number of para-hydroxylation sites is 1. The van der Waals surface area contributed by atoms with Gasteiger partial charge in [0.05, 0.1) is 12.5 Å². The van der Waals surface area contributed by atoms with Crippen LogP contribution in [0, 0.1) is 6.92 Å². The Hall–Kier alpha value is -2.00. The highest BCUT2D eigenvalue weighted by Crippen LogP contribution is 2.34. The summed E-state index contributed by atoms with van der Waals surface area (Å²) in [5.41, 5.74) is 2.66. The molecule has 1 heterocycles. The molecule has 0 saturated carbocycles. The fraction of sp³-hybridized carbons (Fsp3) is 0.235. The second kappa shape index (κ2) is 5.78. The van der Waals surface area contributed by atoms with Crippen LogP contribution in [0.1, 0.15) is 23.5 Å². The summed E-state index contributed by atoms with van der Waals surface area (Å²) in [6, 6.07) is 13.2. The SMILES string of the molecule is Cc1ccc(NC(=O)C2CCOc3ccccc32)cc1Cl. The van der Waals surface area contributed by atoms with E-state index < -0.39 is 0 Å². The minimum Gasteiger partial charge on any atom is -0.493 e. The predicted octanol–water partition coefficient (Wildman–Crippen LogP) is 4.15. The third kappa shape index (κ3) is 2.88. The van der Waals surface area contributed by atoms with Crippen LogP contribution in [-0.4, -0.2) is 12.5 Å². The molecule has 1 unspecified atom stereocenters. The van der Waals surface area contributed by atoms with Crippen LogP contribution in [0.3, 0.4) is 0 Å². The molecule has 0 radical (unpaired) electrons. The summed E-state index contributed by atoms with van der Waals surface area (Å²) in [4.78, 5) is 12.5. The highest BCUT2D eigenvalue weighted by Gasteiger charge is 2.27. The van der Waals surface area contributed by atoms with Crippen molar-refractivity contribution in [1.29, 1.82) is 0 Å². The van der Waals surface area contributed by atoms with E-state index in [1.165, 1.54) is 0 Å². The molecule has 1 amide bonds. The number of carbonyl (C=O) groups is 1. The first-order valence-electron chi connectivity index (χ1n) is 6.94.